The van der Waals surface area contributed by atoms with E-state index in [1.54, 1.807) is 24.6 Å². The molecule has 2 fully saturated rings. The highest BCUT2D eigenvalue weighted by atomic mass is 32.2. The summed E-state index contributed by atoms with van der Waals surface area (Å²) in [6.45, 7) is 3.38. The number of rotatable bonds is 6. The van der Waals surface area contributed by atoms with Gasteiger partial charge in [-0.3, -0.25) is 14.4 Å². The first-order chi connectivity index (χ1) is 12.6. The van der Waals surface area contributed by atoms with Crippen molar-refractivity contribution in [3.8, 4) is 0 Å². The first kappa shape index (κ1) is 19.6. The summed E-state index contributed by atoms with van der Waals surface area (Å²) in [6.07, 6.45) is 0. The quantitative estimate of drug-likeness (QED) is 0.349. The normalized spacial score (nSPS) is 29.6. The first-order valence-corrected chi connectivity index (χ1v) is 9.74. The van der Waals surface area contributed by atoms with Gasteiger partial charge in [0.15, 0.2) is 5.92 Å². The first-order valence-electron chi connectivity index (χ1n) is 7.92. The highest BCUT2D eigenvalue weighted by molar-refractivity contribution is 8.01. The van der Waals surface area contributed by atoms with E-state index in [9.17, 15) is 29.4 Å². The Labute approximate surface area is 162 Å². The topological polar surface area (TPSA) is 133 Å². The monoisotopic (exact) mass is 414 g/mol. The number of hydrogen-bond acceptors (Lipinski definition) is 7. The molecule has 0 spiro atoms. The second-order valence-electron chi connectivity index (χ2n) is 6.78. The molecule has 4 atom stereocenters. The molecule has 1 unspecified atom stereocenters. The standard InChI is InChI=1S/C16H18N2O7S2/c1-15(2)9(12(22)23)18-13(24)16(25-3,14(18)27-15)17-10(19)8(11(20)21)7-4-5-26-6-7/h4-6,8-9,14H,1-3H3,(H,17,19)(H,20,21)(H,22,23)/t8?,9-,14+,16-/m0/s1. The van der Waals surface area contributed by atoms with Crippen LogP contribution in [-0.4, -0.2) is 67.9 Å². The zero-order valence-electron chi connectivity index (χ0n) is 14.7. The van der Waals surface area contributed by atoms with Crippen molar-refractivity contribution >= 4 is 46.9 Å². The van der Waals surface area contributed by atoms with E-state index in [2.05, 4.69) is 5.32 Å². The lowest BCUT2D eigenvalue weighted by Gasteiger charge is -2.51. The van der Waals surface area contributed by atoms with Crippen molar-refractivity contribution in [2.75, 3.05) is 7.11 Å². The van der Waals surface area contributed by atoms with Crippen LogP contribution in [0.15, 0.2) is 16.8 Å². The lowest BCUT2D eigenvalue weighted by Crippen LogP contribution is -2.80. The molecule has 2 amide bonds. The van der Waals surface area contributed by atoms with E-state index in [1.165, 1.54) is 36.3 Å². The van der Waals surface area contributed by atoms with Crippen LogP contribution in [0.4, 0.5) is 0 Å². The molecule has 2 aliphatic heterocycles. The number of carboxylic acids is 2. The van der Waals surface area contributed by atoms with Crippen LogP contribution >= 0.6 is 23.1 Å². The van der Waals surface area contributed by atoms with Gasteiger partial charge >= 0.3 is 11.9 Å². The second-order valence-corrected chi connectivity index (χ2v) is 9.30. The molecule has 3 N–H and O–H groups in total. The van der Waals surface area contributed by atoms with Crippen molar-refractivity contribution in [1.29, 1.82) is 0 Å². The van der Waals surface area contributed by atoms with Crippen LogP contribution in [0.5, 0.6) is 0 Å². The van der Waals surface area contributed by atoms with Crippen LogP contribution in [-0.2, 0) is 23.9 Å². The average Bonchev–Trinajstić information content (AvgIpc) is 3.16. The zero-order valence-corrected chi connectivity index (χ0v) is 16.3. The van der Waals surface area contributed by atoms with Gasteiger partial charge in [0, 0.05) is 11.9 Å². The van der Waals surface area contributed by atoms with E-state index in [0.717, 1.165) is 4.90 Å². The van der Waals surface area contributed by atoms with Crippen molar-refractivity contribution in [1.82, 2.24) is 10.2 Å². The second kappa shape index (κ2) is 6.50. The fraction of sp³-hybridized carbons (Fsp3) is 0.500. The van der Waals surface area contributed by atoms with Crippen molar-refractivity contribution in [2.45, 2.75) is 41.7 Å². The van der Waals surface area contributed by atoms with Gasteiger partial charge in [0.2, 0.25) is 5.91 Å². The molecule has 11 heteroatoms. The molecule has 27 heavy (non-hydrogen) atoms. The van der Waals surface area contributed by atoms with Gasteiger partial charge in [-0.1, -0.05) is 0 Å². The maximum absolute atomic E-state index is 12.8. The summed E-state index contributed by atoms with van der Waals surface area (Å²) in [5, 5.41) is 23.8. The Morgan fingerprint density at radius 3 is 2.48 bits per heavy atom. The highest BCUT2D eigenvalue weighted by Gasteiger charge is 2.73. The molecule has 0 aliphatic carbocycles. The summed E-state index contributed by atoms with van der Waals surface area (Å²) in [4.78, 5) is 49.9. The molecule has 1 aromatic rings. The molecule has 1 aromatic heterocycles. The Balaban J connectivity index is 1.89. The number of carbonyl (C=O) groups is 4. The van der Waals surface area contributed by atoms with Crippen LogP contribution in [0.1, 0.15) is 25.3 Å². The summed E-state index contributed by atoms with van der Waals surface area (Å²) >= 11 is 2.43. The molecule has 3 rings (SSSR count). The van der Waals surface area contributed by atoms with Crippen molar-refractivity contribution in [3.05, 3.63) is 22.4 Å². The predicted molar refractivity (Wildman–Crippen MR) is 96.3 cm³/mol. The summed E-state index contributed by atoms with van der Waals surface area (Å²) in [7, 11) is 1.22. The number of methoxy groups -OCH3 is 1. The summed E-state index contributed by atoms with van der Waals surface area (Å²) < 4.78 is 4.50. The van der Waals surface area contributed by atoms with Crippen molar-refractivity contribution in [2.24, 2.45) is 0 Å². The van der Waals surface area contributed by atoms with E-state index in [4.69, 9.17) is 4.74 Å². The molecule has 2 saturated heterocycles. The summed E-state index contributed by atoms with van der Waals surface area (Å²) in [5.74, 6) is -5.61. The Morgan fingerprint density at radius 2 is 2.00 bits per heavy atom. The number of thioether (sulfide) groups is 1. The van der Waals surface area contributed by atoms with Gasteiger partial charge < -0.3 is 25.2 Å². The van der Waals surface area contributed by atoms with Crippen molar-refractivity contribution < 1.29 is 34.1 Å². The van der Waals surface area contributed by atoms with Gasteiger partial charge in [0.05, 0.1) is 0 Å². The molecule has 0 radical (unpaired) electrons. The van der Waals surface area contributed by atoms with E-state index in [1.807, 2.05) is 0 Å². The SMILES string of the molecule is CO[C@@]1(NC(=O)C(C(=O)O)c2ccsc2)C(=O)N2[C@@H](C(=O)O)C(C)(C)S[C@@H]21. The zero-order chi connectivity index (χ0) is 20.1. The van der Waals surface area contributed by atoms with Gasteiger partial charge in [0.1, 0.15) is 11.4 Å². The lowest BCUT2D eigenvalue weighted by atomic mass is 9.92. The van der Waals surface area contributed by atoms with Gasteiger partial charge in [0.25, 0.3) is 11.6 Å². The Kier molecular flexibility index (Phi) is 4.73. The molecule has 9 nitrogen and oxygen atoms in total. The maximum atomic E-state index is 12.8. The van der Waals surface area contributed by atoms with Crippen LogP contribution in [0.3, 0.4) is 0 Å². The Bertz CT molecular complexity index is 810. The molecular weight excluding hydrogens is 396 g/mol. The number of fused-ring (bicyclic) bond motifs is 1. The van der Waals surface area contributed by atoms with Crippen molar-refractivity contribution in [3.63, 3.8) is 0 Å². The lowest BCUT2D eigenvalue weighted by molar-refractivity contribution is -0.201. The minimum atomic E-state index is -1.80. The van der Waals surface area contributed by atoms with Gasteiger partial charge in [-0.15, -0.1) is 11.8 Å². The smallest absolute Gasteiger partial charge is 0.327 e. The summed E-state index contributed by atoms with van der Waals surface area (Å²) in [5.41, 5.74) is -1.50. The minimum Gasteiger partial charge on any atom is -0.480 e. The number of carbonyl (C=O) groups excluding carboxylic acids is 2. The molecule has 0 bridgehead atoms. The van der Waals surface area contributed by atoms with Crippen LogP contribution in [0.25, 0.3) is 0 Å². The third-order valence-corrected chi connectivity index (χ3v) is 7.07. The Morgan fingerprint density at radius 1 is 1.33 bits per heavy atom. The highest BCUT2D eigenvalue weighted by Crippen LogP contribution is 2.55. The number of hydrogen-bond donors (Lipinski definition) is 3. The Hall–Kier alpha value is -2.11. The van der Waals surface area contributed by atoms with E-state index < -0.39 is 51.6 Å². The molecular formula is C16H18N2O7S2. The van der Waals surface area contributed by atoms with E-state index in [-0.39, 0.29) is 0 Å². The fourth-order valence-electron chi connectivity index (χ4n) is 3.48. The van der Waals surface area contributed by atoms with E-state index in [0.29, 0.717) is 5.56 Å². The number of amides is 2. The van der Waals surface area contributed by atoms with Gasteiger partial charge in [-0.05, 0) is 36.2 Å². The number of nitrogens with zero attached hydrogens (tertiary/aromatic N) is 1. The molecule has 0 aromatic carbocycles. The number of nitrogens with one attached hydrogen (secondary N) is 1. The molecule has 146 valence electrons. The average molecular weight is 414 g/mol. The van der Waals surface area contributed by atoms with Gasteiger partial charge in [-0.2, -0.15) is 11.3 Å². The largest absolute Gasteiger partial charge is 0.480 e. The molecule has 3 heterocycles. The number of thiophene rings is 1. The third-order valence-electron chi connectivity index (χ3n) is 4.76. The van der Waals surface area contributed by atoms with Crippen LogP contribution < -0.4 is 5.32 Å². The third kappa shape index (κ3) is 2.80. The minimum absolute atomic E-state index is 0.294. The summed E-state index contributed by atoms with van der Waals surface area (Å²) in [6, 6.07) is 0.443. The van der Waals surface area contributed by atoms with Gasteiger partial charge in [-0.25, -0.2) is 4.79 Å². The van der Waals surface area contributed by atoms with Crippen LogP contribution in [0, 0.1) is 0 Å². The van der Waals surface area contributed by atoms with Crippen LogP contribution in [0.2, 0.25) is 0 Å². The number of ether oxygens (including phenoxy) is 1. The number of aliphatic carboxylic acids is 2. The number of β-lactam (4-membered cyclic amide) rings is 1. The maximum Gasteiger partial charge on any atom is 0.327 e. The van der Waals surface area contributed by atoms with E-state index >= 15 is 0 Å². The number of carboxylic acid groups (broad SMARTS) is 2. The fourth-order valence-corrected chi connectivity index (χ4v) is 5.84. The molecule has 2 aliphatic rings. The molecule has 0 saturated carbocycles. The predicted octanol–water partition coefficient (Wildman–Crippen LogP) is 0.522.